The fourth-order valence-corrected chi connectivity index (χ4v) is 2.48. The maximum Gasteiger partial charge on any atom is 0.240 e. The number of rotatable bonds is 6. The summed E-state index contributed by atoms with van der Waals surface area (Å²) in [6.45, 7) is 5.44. The Balaban J connectivity index is 2.38. The molecule has 1 rings (SSSR count). The van der Waals surface area contributed by atoms with Crippen molar-refractivity contribution in [3.05, 3.63) is 22.4 Å². The molecule has 0 aromatic carbocycles. The second-order valence-electron chi connectivity index (χ2n) is 4.92. The van der Waals surface area contributed by atoms with Crippen molar-refractivity contribution >= 4 is 17.2 Å². The van der Waals surface area contributed by atoms with Crippen LogP contribution in [0.5, 0.6) is 0 Å². The summed E-state index contributed by atoms with van der Waals surface area (Å²) in [6, 6.07) is 4.20. The van der Waals surface area contributed by atoms with Gasteiger partial charge in [0.25, 0.3) is 0 Å². The zero-order valence-corrected chi connectivity index (χ0v) is 11.5. The summed E-state index contributed by atoms with van der Waals surface area (Å²) in [5, 5.41) is 2.08. The summed E-state index contributed by atoms with van der Waals surface area (Å²) in [7, 11) is 2.03. The van der Waals surface area contributed by atoms with Crippen molar-refractivity contribution in [3.8, 4) is 0 Å². The second kappa shape index (κ2) is 6.14. The van der Waals surface area contributed by atoms with Gasteiger partial charge in [-0.25, -0.2) is 5.84 Å². The Morgan fingerprint density at radius 1 is 1.59 bits per heavy atom. The molecule has 5 heteroatoms. The van der Waals surface area contributed by atoms with Crippen LogP contribution < -0.4 is 11.3 Å². The summed E-state index contributed by atoms with van der Waals surface area (Å²) >= 11 is 1.77. The largest absolute Gasteiger partial charge is 0.305 e. The van der Waals surface area contributed by atoms with Gasteiger partial charge in [0.05, 0.1) is 5.41 Å². The van der Waals surface area contributed by atoms with Crippen LogP contribution in [0.1, 0.15) is 18.7 Å². The number of carbonyl (C=O) groups excluding carboxylic acids is 1. The molecule has 1 amide bonds. The molecule has 0 spiro atoms. The Hall–Kier alpha value is -0.910. The number of nitrogens with two attached hydrogens (primary N) is 1. The number of hydrogen-bond donors (Lipinski definition) is 2. The van der Waals surface area contributed by atoms with Gasteiger partial charge in [-0.15, -0.1) is 11.3 Å². The highest BCUT2D eigenvalue weighted by atomic mass is 32.1. The molecule has 0 bridgehead atoms. The van der Waals surface area contributed by atoms with Crippen molar-refractivity contribution in [2.24, 2.45) is 11.3 Å². The average Bonchev–Trinajstić information content (AvgIpc) is 2.77. The normalized spacial score (nSPS) is 11.8. The van der Waals surface area contributed by atoms with Crippen LogP contribution in [0, 0.1) is 5.41 Å². The fourth-order valence-electron chi connectivity index (χ4n) is 1.78. The van der Waals surface area contributed by atoms with Crippen LogP contribution >= 0.6 is 11.3 Å². The predicted octanol–water partition coefficient (Wildman–Crippen LogP) is 1.24. The van der Waals surface area contributed by atoms with Crippen LogP contribution in [0.3, 0.4) is 0 Å². The second-order valence-corrected chi connectivity index (χ2v) is 5.96. The first kappa shape index (κ1) is 14.2. The molecule has 0 radical (unpaired) electrons. The lowest BCUT2D eigenvalue weighted by atomic mass is 9.92. The molecule has 0 atom stereocenters. The van der Waals surface area contributed by atoms with E-state index in [-0.39, 0.29) is 5.91 Å². The highest BCUT2D eigenvalue weighted by molar-refractivity contribution is 7.09. The number of nitrogens with zero attached hydrogens (tertiary/aromatic N) is 1. The molecule has 4 nitrogen and oxygen atoms in total. The van der Waals surface area contributed by atoms with Gasteiger partial charge in [0, 0.05) is 18.0 Å². The van der Waals surface area contributed by atoms with Crippen molar-refractivity contribution in [1.29, 1.82) is 0 Å². The smallest absolute Gasteiger partial charge is 0.240 e. The molecule has 0 saturated heterocycles. The summed E-state index contributed by atoms with van der Waals surface area (Å²) in [5.74, 6) is 5.04. The summed E-state index contributed by atoms with van der Waals surface area (Å²) < 4.78 is 0. The average molecular weight is 255 g/mol. The van der Waals surface area contributed by atoms with Gasteiger partial charge >= 0.3 is 0 Å². The Bertz CT molecular complexity index is 349. The van der Waals surface area contributed by atoms with Gasteiger partial charge in [-0.05, 0) is 38.8 Å². The summed E-state index contributed by atoms with van der Waals surface area (Å²) in [5.41, 5.74) is 1.76. The van der Waals surface area contributed by atoms with Crippen LogP contribution in [0.2, 0.25) is 0 Å². The van der Waals surface area contributed by atoms with E-state index in [2.05, 4.69) is 27.8 Å². The van der Waals surface area contributed by atoms with Gasteiger partial charge in [-0.1, -0.05) is 6.07 Å². The zero-order chi connectivity index (χ0) is 12.9. The first-order chi connectivity index (χ1) is 7.95. The zero-order valence-electron chi connectivity index (χ0n) is 10.7. The van der Waals surface area contributed by atoms with Gasteiger partial charge < -0.3 is 4.90 Å². The standard InChI is InChI=1S/C12H21N3OS/c1-12(2,11(16)14-13)9-15(3)7-6-10-5-4-8-17-10/h4-5,8H,6-7,9,13H2,1-3H3,(H,14,16). The van der Waals surface area contributed by atoms with E-state index in [9.17, 15) is 4.79 Å². The van der Waals surface area contributed by atoms with Gasteiger partial charge in [-0.2, -0.15) is 0 Å². The minimum absolute atomic E-state index is 0.125. The van der Waals surface area contributed by atoms with Gasteiger partial charge in [0.15, 0.2) is 0 Å². The molecular weight excluding hydrogens is 234 g/mol. The van der Waals surface area contributed by atoms with Crippen molar-refractivity contribution in [2.45, 2.75) is 20.3 Å². The Morgan fingerprint density at radius 2 is 2.29 bits per heavy atom. The maximum absolute atomic E-state index is 11.5. The van der Waals surface area contributed by atoms with Crippen molar-refractivity contribution in [3.63, 3.8) is 0 Å². The monoisotopic (exact) mass is 255 g/mol. The lowest BCUT2D eigenvalue weighted by Crippen LogP contribution is -2.46. The first-order valence-corrected chi connectivity index (χ1v) is 6.55. The van der Waals surface area contributed by atoms with E-state index >= 15 is 0 Å². The minimum Gasteiger partial charge on any atom is -0.305 e. The van der Waals surface area contributed by atoms with Crippen LogP contribution in [-0.2, 0) is 11.2 Å². The molecule has 0 aliphatic rings. The SMILES string of the molecule is CN(CCc1cccs1)CC(C)(C)C(=O)NN. The third-order valence-electron chi connectivity index (χ3n) is 2.73. The van der Waals surface area contributed by atoms with Gasteiger partial charge in [0.1, 0.15) is 0 Å². The van der Waals surface area contributed by atoms with E-state index in [1.165, 1.54) is 4.88 Å². The first-order valence-electron chi connectivity index (χ1n) is 5.67. The van der Waals surface area contributed by atoms with E-state index in [0.717, 1.165) is 13.0 Å². The number of carbonyl (C=O) groups is 1. The Morgan fingerprint density at radius 3 is 2.82 bits per heavy atom. The van der Waals surface area contributed by atoms with E-state index in [1.54, 1.807) is 11.3 Å². The number of thiophene rings is 1. The molecule has 1 aromatic heterocycles. The molecule has 0 aliphatic heterocycles. The van der Waals surface area contributed by atoms with Crippen LogP contribution in [-0.4, -0.2) is 30.9 Å². The summed E-state index contributed by atoms with van der Waals surface area (Å²) in [4.78, 5) is 15.1. The Labute approximate surface area is 107 Å². The quantitative estimate of drug-likeness (QED) is 0.457. The molecular formula is C12H21N3OS. The molecule has 0 aliphatic carbocycles. The minimum atomic E-state index is -0.459. The maximum atomic E-state index is 11.5. The number of likely N-dealkylation sites (N-methyl/N-ethyl adjacent to an activating group) is 1. The van der Waals surface area contributed by atoms with Gasteiger partial charge in [-0.3, -0.25) is 10.2 Å². The van der Waals surface area contributed by atoms with Crippen molar-refractivity contribution < 1.29 is 4.79 Å². The molecule has 0 unspecified atom stereocenters. The topological polar surface area (TPSA) is 58.4 Å². The van der Waals surface area contributed by atoms with E-state index < -0.39 is 5.41 Å². The van der Waals surface area contributed by atoms with Crippen LogP contribution in [0.15, 0.2) is 17.5 Å². The van der Waals surface area contributed by atoms with Crippen molar-refractivity contribution in [1.82, 2.24) is 10.3 Å². The predicted molar refractivity (Wildman–Crippen MR) is 71.6 cm³/mol. The van der Waals surface area contributed by atoms with Crippen LogP contribution in [0.4, 0.5) is 0 Å². The van der Waals surface area contributed by atoms with E-state index in [0.29, 0.717) is 6.54 Å². The third-order valence-corrected chi connectivity index (χ3v) is 3.67. The summed E-state index contributed by atoms with van der Waals surface area (Å²) in [6.07, 6.45) is 1.02. The highest BCUT2D eigenvalue weighted by Crippen LogP contribution is 2.17. The highest BCUT2D eigenvalue weighted by Gasteiger charge is 2.28. The Kier molecular flexibility index (Phi) is 5.11. The van der Waals surface area contributed by atoms with E-state index in [1.807, 2.05) is 20.9 Å². The molecule has 17 heavy (non-hydrogen) atoms. The number of nitrogens with one attached hydrogen (secondary N) is 1. The molecule has 3 N–H and O–H groups in total. The lowest BCUT2D eigenvalue weighted by molar-refractivity contribution is -0.130. The number of amides is 1. The fraction of sp³-hybridized carbons (Fsp3) is 0.583. The molecule has 1 aromatic rings. The lowest BCUT2D eigenvalue weighted by Gasteiger charge is -2.28. The van der Waals surface area contributed by atoms with Crippen molar-refractivity contribution in [2.75, 3.05) is 20.1 Å². The molecule has 0 fully saturated rings. The number of hydrogen-bond acceptors (Lipinski definition) is 4. The number of hydrazine groups is 1. The van der Waals surface area contributed by atoms with E-state index in [4.69, 9.17) is 5.84 Å². The van der Waals surface area contributed by atoms with Crippen LogP contribution in [0.25, 0.3) is 0 Å². The molecule has 1 heterocycles. The third kappa shape index (κ3) is 4.46. The van der Waals surface area contributed by atoms with Gasteiger partial charge in [0.2, 0.25) is 5.91 Å². The molecule has 96 valence electrons. The molecule has 0 saturated carbocycles.